The fourth-order valence-corrected chi connectivity index (χ4v) is 2.66. The van der Waals surface area contributed by atoms with Gasteiger partial charge in [-0.05, 0) is 42.9 Å². The third-order valence-corrected chi connectivity index (χ3v) is 4.04. The van der Waals surface area contributed by atoms with Gasteiger partial charge in [-0.3, -0.25) is 0 Å². The van der Waals surface area contributed by atoms with Crippen LogP contribution in [-0.4, -0.2) is 11.7 Å². The highest BCUT2D eigenvalue weighted by atomic mass is 16.2. The van der Waals surface area contributed by atoms with Crippen LogP contribution in [-0.2, 0) is 25.8 Å². The molecule has 0 saturated carbocycles. The normalized spacial score (nSPS) is 10.8. The minimum atomic E-state index is 0.263. The van der Waals surface area contributed by atoms with Crippen LogP contribution in [0.4, 0.5) is 0 Å². The molecule has 0 amide bonds. The first-order valence-electron chi connectivity index (χ1n) is 8.48. The molecule has 0 atom stereocenters. The fourth-order valence-electron chi connectivity index (χ4n) is 2.66. The topological polar surface area (TPSA) is 24.1 Å². The van der Waals surface area contributed by atoms with E-state index in [-0.39, 0.29) is 6.61 Å². The summed E-state index contributed by atoms with van der Waals surface area (Å²) in [7, 11) is 0. The van der Waals surface area contributed by atoms with Gasteiger partial charge in [0.25, 0.3) is 0 Å². The van der Waals surface area contributed by atoms with E-state index in [1.807, 2.05) is 0 Å². The molecule has 22 heavy (non-hydrogen) atoms. The van der Waals surface area contributed by atoms with Crippen molar-refractivity contribution in [1.82, 2.24) is 0 Å². The first-order valence-corrected chi connectivity index (χ1v) is 8.48. The molecular weight excluding hydrogens is 270 g/mol. The van der Waals surface area contributed by atoms with Crippen LogP contribution in [0.5, 0.6) is 0 Å². The van der Waals surface area contributed by atoms with Gasteiger partial charge in [-0.15, -0.1) is 0 Å². The Hall–Kier alpha value is -1.67. The molecule has 2 rings (SSSR count). The molecule has 2 heteroatoms. The summed E-state index contributed by atoms with van der Waals surface area (Å²) in [4.78, 5) is 0. The largest absolute Gasteiger partial charge is 0.396 e. The van der Waals surface area contributed by atoms with Crippen LogP contribution < -0.4 is 4.57 Å². The van der Waals surface area contributed by atoms with Gasteiger partial charge in [-0.1, -0.05) is 37.6 Å². The molecule has 0 fully saturated rings. The van der Waals surface area contributed by atoms with E-state index in [2.05, 4.69) is 60.3 Å². The summed E-state index contributed by atoms with van der Waals surface area (Å²) in [6, 6.07) is 13.3. The first kappa shape index (κ1) is 16.7. The molecule has 0 aliphatic rings. The van der Waals surface area contributed by atoms with Crippen molar-refractivity contribution in [2.24, 2.45) is 0 Å². The van der Waals surface area contributed by atoms with E-state index in [4.69, 9.17) is 5.11 Å². The molecule has 2 nitrogen and oxygen atoms in total. The lowest BCUT2D eigenvalue weighted by atomic mass is 10.0. The second kappa shape index (κ2) is 9.37. The number of hydrogen-bond donors (Lipinski definition) is 1. The van der Waals surface area contributed by atoms with Crippen LogP contribution in [0.3, 0.4) is 0 Å². The van der Waals surface area contributed by atoms with Crippen LogP contribution in [0, 0.1) is 0 Å². The molecule has 0 spiro atoms. The number of pyridine rings is 1. The molecule has 1 N–H and O–H groups in total. The summed E-state index contributed by atoms with van der Waals surface area (Å²) in [5.41, 5.74) is 4.14. The molecule has 1 aromatic carbocycles. The number of aliphatic hydroxyl groups is 1. The van der Waals surface area contributed by atoms with Gasteiger partial charge in [0.15, 0.2) is 18.9 Å². The lowest BCUT2D eigenvalue weighted by molar-refractivity contribution is -0.696. The Morgan fingerprint density at radius 3 is 2.23 bits per heavy atom. The molecule has 1 aromatic heterocycles. The quantitative estimate of drug-likeness (QED) is 0.704. The third-order valence-electron chi connectivity index (χ3n) is 4.04. The summed E-state index contributed by atoms with van der Waals surface area (Å²) in [5, 5.41) is 8.92. The Kier molecular flexibility index (Phi) is 7.11. The van der Waals surface area contributed by atoms with E-state index in [0.717, 1.165) is 25.8 Å². The van der Waals surface area contributed by atoms with Crippen LogP contribution in [0.25, 0.3) is 0 Å². The molecular formula is C20H28NO+. The average Bonchev–Trinajstić information content (AvgIpc) is 2.57. The number of aliphatic hydroxyl groups excluding tert-OH is 1. The summed E-state index contributed by atoms with van der Waals surface area (Å²) in [5.74, 6) is 0. The Morgan fingerprint density at radius 1 is 0.864 bits per heavy atom. The van der Waals surface area contributed by atoms with E-state index in [0.29, 0.717) is 0 Å². The van der Waals surface area contributed by atoms with Crippen molar-refractivity contribution in [2.75, 3.05) is 6.61 Å². The first-order chi connectivity index (χ1) is 10.8. The number of hydrogen-bond acceptors (Lipinski definition) is 1. The van der Waals surface area contributed by atoms with E-state index in [9.17, 15) is 0 Å². The van der Waals surface area contributed by atoms with Crippen molar-refractivity contribution >= 4 is 0 Å². The minimum absolute atomic E-state index is 0.263. The van der Waals surface area contributed by atoms with Gasteiger partial charge in [-0.2, -0.15) is 0 Å². The number of aryl methyl sites for hydroxylation is 4. The van der Waals surface area contributed by atoms with Gasteiger partial charge >= 0.3 is 0 Å². The predicted molar refractivity (Wildman–Crippen MR) is 90.8 cm³/mol. The number of unbranched alkanes of at least 4 members (excludes halogenated alkanes) is 1. The molecule has 0 aliphatic heterocycles. The lowest BCUT2D eigenvalue weighted by Gasteiger charge is -2.03. The lowest BCUT2D eigenvalue weighted by Crippen LogP contribution is -2.34. The molecule has 118 valence electrons. The fraction of sp³-hybridized carbons (Fsp3) is 0.450. The summed E-state index contributed by atoms with van der Waals surface area (Å²) in [6.45, 7) is 3.50. The monoisotopic (exact) mass is 298 g/mol. The Labute approximate surface area is 134 Å². The van der Waals surface area contributed by atoms with Crippen molar-refractivity contribution in [2.45, 2.75) is 52.0 Å². The minimum Gasteiger partial charge on any atom is -0.396 e. The average molecular weight is 298 g/mol. The second-order valence-corrected chi connectivity index (χ2v) is 5.95. The van der Waals surface area contributed by atoms with E-state index >= 15 is 0 Å². The van der Waals surface area contributed by atoms with Crippen molar-refractivity contribution < 1.29 is 9.67 Å². The Morgan fingerprint density at radius 2 is 1.55 bits per heavy atom. The second-order valence-electron chi connectivity index (χ2n) is 5.95. The van der Waals surface area contributed by atoms with Gasteiger partial charge < -0.3 is 5.11 Å². The van der Waals surface area contributed by atoms with Crippen molar-refractivity contribution in [3.05, 3.63) is 65.5 Å². The van der Waals surface area contributed by atoms with Crippen molar-refractivity contribution in [3.8, 4) is 0 Å². The van der Waals surface area contributed by atoms with Gasteiger partial charge in [0.05, 0.1) is 0 Å². The van der Waals surface area contributed by atoms with E-state index < -0.39 is 0 Å². The van der Waals surface area contributed by atoms with E-state index in [1.165, 1.54) is 36.0 Å². The van der Waals surface area contributed by atoms with Gasteiger partial charge in [-0.25, -0.2) is 4.57 Å². The van der Waals surface area contributed by atoms with Gasteiger partial charge in [0.2, 0.25) is 0 Å². The van der Waals surface area contributed by atoms with Crippen molar-refractivity contribution in [3.63, 3.8) is 0 Å². The molecule has 0 radical (unpaired) electrons. The number of rotatable bonds is 9. The molecule has 0 bridgehead atoms. The van der Waals surface area contributed by atoms with Crippen LogP contribution in [0.1, 0.15) is 42.9 Å². The maximum absolute atomic E-state index is 8.92. The number of aromatic nitrogens is 1. The van der Waals surface area contributed by atoms with E-state index in [1.54, 1.807) is 0 Å². The smallest absolute Gasteiger partial charge is 0.171 e. The standard InChI is InChI=1S/C20H28NO/c1-2-3-6-18-9-11-19(12-10-18)13-15-21-14-4-7-20(17-21)8-5-16-22/h4,7,9-12,14,17,22H,2-3,5-6,8,13,15-16H2,1H3/q+1. The molecule has 2 aromatic rings. The Balaban J connectivity index is 1.86. The number of benzene rings is 1. The summed E-state index contributed by atoms with van der Waals surface area (Å²) >= 11 is 0. The van der Waals surface area contributed by atoms with Crippen LogP contribution >= 0.6 is 0 Å². The summed E-state index contributed by atoms with van der Waals surface area (Å²) in [6.07, 6.45) is 10.9. The number of nitrogens with zero attached hydrogens (tertiary/aromatic N) is 1. The molecule has 1 heterocycles. The highest BCUT2D eigenvalue weighted by Crippen LogP contribution is 2.08. The zero-order valence-corrected chi connectivity index (χ0v) is 13.7. The van der Waals surface area contributed by atoms with Gasteiger partial charge in [0, 0.05) is 24.7 Å². The van der Waals surface area contributed by atoms with Crippen LogP contribution in [0.15, 0.2) is 48.8 Å². The molecule has 0 saturated heterocycles. The molecule has 0 aliphatic carbocycles. The highest BCUT2D eigenvalue weighted by Gasteiger charge is 2.04. The SMILES string of the molecule is CCCCc1ccc(CC[n+]2cccc(CCCO)c2)cc1. The third kappa shape index (κ3) is 5.61. The van der Waals surface area contributed by atoms with Crippen molar-refractivity contribution in [1.29, 1.82) is 0 Å². The summed E-state index contributed by atoms with van der Waals surface area (Å²) < 4.78 is 2.25. The maximum atomic E-state index is 8.92. The van der Waals surface area contributed by atoms with Crippen LogP contribution in [0.2, 0.25) is 0 Å². The van der Waals surface area contributed by atoms with Gasteiger partial charge in [0.1, 0.15) is 0 Å². The zero-order valence-electron chi connectivity index (χ0n) is 13.7. The maximum Gasteiger partial charge on any atom is 0.171 e. The Bertz CT molecular complexity index is 548. The highest BCUT2D eigenvalue weighted by molar-refractivity contribution is 5.22. The predicted octanol–water partition coefficient (Wildman–Crippen LogP) is 3.48. The molecule has 0 unspecified atom stereocenters. The zero-order chi connectivity index (χ0) is 15.6.